The zero-order valence-electron chi connectivity index (χ0n) is 15.6. The molecule has 1 saturated carbocycles. The fourth-order valence-corrected chi connectivity index (χ4v) is 2.99. The van der Waals surface area contributed by atoms with E-state index < -0.39 is 17.9 Å². The van der Waals surface area contributed by atoms with Gasteiger partial charge in [0.15, 0.2) is 0 Å². The first kappa shape index (κ1) is 19.6. The standard InChI is InChI=1S/C19H27N3O5/c1-13(23)8-16-12-26-7-6-22(16)19(25)18(24)21-10-15-4-5-17(20-9-15)27-11-14-2-3-14/h4-5,9,13-14,16,23H,2-3,6-8,10-12H2,1H3,(H,21,24)/t13-,16-/m1/s1. The van der Waals surface area contributed by atoms with E-state index in [1.54, 1.807) is 19.2 Å². The van der Waals surface area contributed by atoms with Crippen molar-refractivity contribution in [3.8, 4) is 5.88 Å². The normalized spacial score (nSPS) is 20.8. The van der Waals surface area contributed by atoms with Crippen molar-refractivity contribution in [1.29, 1.82) is 0 Å². The molecule has 0 aromatic carbocycles. The summed E-state index contributed by atoms with van der Waals surface area (Å²) in [6, 6.07) is 3.30. The van der Waals surface area contributed by atoms with Gasteiger partial charge in [-0.2, -0.15) is 0 Å². The summed E-state index contributed by atoms with van der Waals surface area (Å²) in [4.78, 5) is 30.4. The number of ether oxygens (including phenoxy) is 2. The van der Waals surface area contributed by atoms with Crippen molar-refractivity contribution >= 4 is 11.8 Å². The maximum Gasteiger partial charge on any atom is 0.312 e. The predicted octanol–water partition coefficient (Wildman–Crippen LogP) is 0.485. The third kappa shape index (κ3) is 5.90. The van der Waals surface area contributed by atoms with Crippen LogP contribution in [0.2, 0.25) is 0 Å². The molecule has 2 aliphatic rings. The number of carbonyl (C=O) groups is 2. The first-order valence-electron chi connectivity index (χ1n) is 9.45. The molecule has 1 aromatic rings. The van der Waals surface area contributed by atoms with E-state index in [9.17, 15) is 14.7 Å². The predicted molar refractivity (Wildman–Crippen MR) is 96.9 cm³/mol. The maximum absolute atomic E-state index is 12.5. The molecule has 2 N–H and O–H groups in total. The third-order valence-corrected chi connectivity index (χ3v) is 4.71. The van der Waals surface area contributed by atoms with Gasteiger partial charge in [0.1, 0.15) is 0 Å². The van der Waals surface area contributed by atoms with Crippen LogP contribution in [0.5, 0.6) is 5.88 Å². The van der Waals surface area contributed by atoms with E-state index in [-0.39, 0.29) is 12.6 Å². The third-order valence-electron chi connectivity index (χ3n) is 4.71. The van der Waals surface area contributed by atoms with Gasteiger partial charge in [0, 0.05) is 25.4 Å². The number of hydrogen-bond donors (Lipinski definition) is 2. The first-order chi connectivity index (χ1) is 13.0. The summed E-state index contributed by atoms with van der Waals surface area (Å²) in [6.45, 7) is 3.63. The lowest BCUT2D eigenvalue weighted by Crippen LogP contribution is -2.54. The molecule has 1 aliphatic carbocycles. The number of rotatable bonds is 7. The van der Waals surface area contributed by atoms with Crippen LogP contribution in [-0.4, -0.2) is 65.3 Å². The number of amides is 2. The molecule has 8 heteroatoms. The van der Waals surface area contributed by atoms with Gasteiger partial charge in [-0.05, 0) is 37.7 Å². The van der Waals surface area contributed by atoms with Gasteiger partial charge in [-0.1, -0.05) is 6.07 Å². The second-order valence-corrected chi connectivity index (χ2v) is 7.25. The molecule has 2 atom stereocenters. The highest BCUT2D eigenvalue weighted by Crippen LogP contribution is 2.29. The Morgan fingerprint density at radius 2 is 2.26 bits per heavy atom. The smallest absolute Gasteiger partial charge is 0.312 e. The summed E-state index contributed by atoms with van der Waals surface area (Å²) in [7, 11) is 0. The van der Waals surface area contributed by atoms with Crippen LogP contribution in [0.15, 0.2) is 18.3 Å². The molecule has 1 saturated heterocycles. The molecule has 2 amide bonds. The number of aliphatic hydroxyl groups is 1. The van der Waals surface area contributed by atoms with Gasteiger partial charge in [-0.15, -0.1) is 0 Å². The molecule has 2 heterocycles. The first-order valence-corrected chi connectivity index (χ1v) is 9.45. The van der Waals surface area contributed by atoms with E-state index in [0.29, 0.717) is 44.6 Å². The molecular weight excluding hydrogens is 350 g/mol. The topological polar surface area (TPSA) is 101 Å². The van der Waals surface area contributed by atoms with Gasteiger partial charge in [-0.25, -0.2) is 4.98 Å². The molecule has 148 valence electrons. The van der Waals surface area contributed by atoms with Gasteiger partial charge < -0.3 is 24.8 Å². The van der Waals surface area contributed by atoms with Crippen molar-refractivity contribution in [3.05, 3.63) is 23.9 Å². The van der Waals surface area contributed by atoms with Crippen LogP contribution >= 0.6 is 0 Å². The summed E-state index contributed by atoms with van der Waals surface area (Å²) >= 11 is 0. The van der Waals surface area contributed by atoms with Crippen molar-refractivity contribution in [2.45, 2.75) is 44.9 Å². The molecule has 3 rings (SSSR count). The highest BCUT2D eigenvalue weighted by molar-refractivity contribution is 6.35. The zero-order valence-corrected chi connectivity index (χ0v) is 15.6. The van der Waals surface area contributed by atoms with Crippen LogP contribution in [-0.2, 0) is 20.9 Å². The minimum Gasteiger partial charge on any atom is -0.477 e. The Kier molecular flexibility index (Phi) is 6.63. The monoisotopic (exact) mass is 377 g/mol. The average molecular weight is 377 g/mol. The summed E-state index contributed by atoms with van der Waals surface area (Å²) in [6.07, 6.45) is 3.89. The van der Waals surface area contributed by atoms with Crippen LogP contribution in [0, 0.1) is 5.92 Å². The Hall–Kier alpha value is -2.19. The van der Waals surface area contributed by atoms with Crippen molar-refractivity contribution in [2.24, 2.45) is 5.92 Å². The van der Waals surface area contributed by atoms with Crippen molar-refractivity contribution < 1.29 is 24.2 Å². The summed E-state index contributed by atoms with van der Waals surface area (Å²) in [5.74, 6) is -0.0280. The minimum atomic E-state index is -0.665. The van der Waals surface area contributed by atoms with Crippen LogP contribution in [0.3, 0.4) is 0 Å². The molecular formula is C19H27N3O5. The lowest BCUT2D eigenvalue weighted by molar-refractivity contribution is -0.152. The van der Waals surface area contributed by atoms with E-state index >= 15 is 0 Å². The van der Waals surface area contributed by atoms with Gasteiger partial charge in [0.05, 0.1) is 32.0 Å². The number of aliphatic hydroxyl groups excluding tert-OH is 1. The summed E-state index contributed by atoms with van der Waals surface area (Å²) in [5.41, 5.74) is 0.789. The quantitative estimate of drug-likeness (QED) is 0.671. The molecule has 0 bridgehead atoms. The van der Waals surface area contributed by atoms with Crippen LogP contribution in [0.1, 0.15) is 31.7 Å². The lowest BCUT2D eigenvalue weighted by atomic mass is 10.1. The number of hydrogen-bond acceptors (Lipinski definition) is 6. The van der Waals surface area contributed by atoms with E-state index in [1.165, 1.54) is 17.7 Å². The van der Waals surface area contributed by atoms with Gasteiger partial charge in [0.2, 0.25) is 5.88 Å². The summed E-state index contributed by atoms with van der Waals surface area (Å²) < 4.78 is 10.9. The molecule has 27 heavy (non-hydrogen) atoms. The van der Waals surface area contributed by atoms with Crippen molar-refractivity contribution in [3.63, 3.8) is 0 Å². The lowest BCUT2D eigenvalue weighted by Gasteiger charge is -2.35. The Balaban J connectivity index is 1.47. The highest BCUT2D eigenvalue weighted by atomic mass is 16.5. The minimum absolute atomic E-state index is 0.214. The second-order valence-electron chi connectivity index (χ2n) is 7.25. The summed E-state index contributed by atoms with van der Waals surface area (Å²) in [5, 5.41) is 12.2. The largest absolute Gasteiger partial charge is 0.477 e. The van der Waals surface area contributed by atoms with Crippen LogP contribution in [0.4, 0.5) is 0 Å². The maximum atomic E-state index is 12.5. The van der Waals surface area contributed by atoms with E-state index in [1.807, 2.05) is 6.07 Å². The molecule has 1 aromatic heterocycles. The van der Waals surface area contributed by atoms with E-state index in [4.69, 9.17) is 9.47 Å². The van der Waals surface area contributed by atoms with Gasteiger partial charge >= 0.3 is 11.8 Å². The second kappa shape index (κ2) is 9.14. The fraction of sp³-hybridized carbons (Fsp3) is 0.632. The molecule has 8 nitrogen and oxygen atoms in total. The Morgan fingerprint density at radius 3 is 2.93 bits per heavy atom. The van der Waals surface area contributed by atoms with Crippen LogP contribution < -0.4 is 10.1 Å². The number of nitrogens with zero attached hydrogens (tertiary/aromatic N) is 2. The van der Waals surface area contributed by atoms with Gasteiger partial charge in [0.25, 0.3) is 0 Å². The van der Waals surface area contributed by atoms with E-state index in [2.05, 4.69) is 10.3 Å². The van der Waals surface area contributed by atoms with Crippen molar-refractivity contribution in [1.82, 2.24) is 15.2 Å². The number of aromatic nitrogens is 1. The molecule has 2 fully saturated rings. The Bertz CT molecular complexity index is 645. The Morgan fingerprint density at radius 1 is 1.44 bits per heavy atom. The fourth-order valence-electron chi connectivity index (χ4n) is 2.99. The average Bonchev–Trinajstić information content (AvgIpc) is 3.49. The Labute approximate surface area is 158 Å². The number of nitrogens with one attached hydrogen (secondary N) is 1. The highest BCUT2D eigenvalue weighted by Gasteiger charge is 2.31. The van der Waals surface area contributed by atoms with Crippen LogP contribution in [0.25, 0.3) is 0 Å². The van der Waals surface area contributed by atoms with Gasteiger partial charge in [-0.3, -0.25) is 9.59 Å². The van der Waals surface area contributed by atoms with Crippen molar-refractivity contribution in [2.75, 3.05) is 26.4 Å². The molecule has 0 unspecified atom stereocenters. The SMILES string of the molecule is C[C@@H](O)C[C@@H]1COCCN1C(=O)C(=O)NCc1ccc(OCC2CC2)nc1. The molecule has 1 aliphatic heterocycles. The van der Waals surface area contributed by atoms with E-state index in [0.717, 1.165) is 5.56 Å². The molecule has 0 radical (unpaired) electrons. The number of morpholine rings is 1. The zero-order chi connectivity index (χ0) is 19.2. The molecule has 0 spiro atoms. The number of carbonyl (C=O) groups excluding carboxylic acids is 2. The number of pyridine rings is 1.